The van der Waals surface area contributed by atoms with Crippen LogP contribution in [0.15, 0.2) is 29.6 Å². The van der Waals surface area contributed by atoms with Crippen molar-refractivity contribution in [2.75, 3.05) is 7.11 Å². The Labute approximate surface area is 122 Å². The van der Waals surface area contributed by atoms with E-state index >= 15 is 0 Å². The van der Waals surface area contributed by atoms with Crippen molar-refractivity contribution in [3.63, 3.8) is 0 Å². The topological polar surface area (TPSA) is 35.2 Å². The molecule has 2 heterocycles. The SMILES string of the molecule is COc1cc(F)c(C(N)c2cc3sccc3s2)c(F)c1. The van der Waals surface area contributed by atoms with Gasteiger partial charge in [-0.25, -0.2) is 8.78 Å². The average molecular weight is 311 g/mol. The summed E-state index contributed by atoms with van der Waals surface area (Å²) < 4.78 is 35.0. The summed E-state index contributed by atoms with van der Waals surface area (Å²) in [4.78, 5) is 0.745. The molecule has 1 aromatic carbocycles. The first-order valence-electron chi connectivity index (χ1n) is 5.85. The summed E-state index contributed by atoms with van der Waals surface area (Å²) in [7, 11) is 1.36. The fourth-order valence-corrected chi connectivity index (χ4v) is 4.19. The molecular formula is C14H11F2NOS2. The number of fused-ring (bicyclic) bond motifs is 1. The van der Waals surface area contributed by atoms with Crippen molar-refractivity contribution < 1.29 is 13.5 Å². The first-order valence-corrected chi connectivity index (χ1v) is 7.55. The summed E-state index contributed by atoms with van der Waals surface area (Å²) in [5.41, 5.74) is 5.90. The molecule has 0 aliphatic heterocycles. The van der Waals surface area contributed by atoms with Gasteiger partial charge < -0.3 is 10.5 Å². The van der Waals surface area contributed by atoms with Crippen LogP contribution in [0.3, 0.4) is 0 Å². The lowest BCUT2D eigenvalue weighted by Gasteiger charge is -2.13. The molecule has 0 amide bonds. The number of methoxy groups -OCH3 is 1. The molecule has 0 saturated carbocycles. The van der Waals surface area contributed by atoms with E-state index in [2.05, 4.69) is 0 Å². The minimum absolute atomic E-state index is 0.125. The summed E-state index contributed by atoms with van der Waals surface area (Å²) >= 11 is 3.04. The minimum atomic E-state index is -0.814. The fourth-order valence-electron chi connectivity index (χ4n) is 2.06. The molecule has 0 spiro atoms. The second kappa shape index (κ2) is 5.12. The molecule has 1 atom stereocenters. The van der Waals surface area contributed by atoms with Crippen molar-refractivity contribution in [2.45, 2.75) is 6.04 Å². The molecule has 0 aliphatic carbocycles. The van der Waals surface area contributed by atoms with E-state index in [9.17, 15) is 8.78 Å². The van der Waals surface area contributed by atoms with Gasteiger partial charge in [-0.1, -0.05) is 0 Å². The van der Waals surface area contributed by atoms with Crippen LogP contribution in [0.1, 0.15) is 16.5 Å². The first-order chi connectivity index (χ1) is 9.60. The summed E-state index contributed by atoms with van der Waals surface area (Å²) in [6.45, 7) is 0. The van der Waals surface area contributed by atoms with Crippen LogP contribution in [0.5, 0.6) is 5.75 Å². The molecule has 3 aromatic rings. The van der Waals surface area contributed by atoms with Crippen LogP contribution in [0.4, 0.5) is 8.78 Å². The smallest absolute Gasteiger partial charge is 0.134 e. The number of benzene rings is 1. The largest absolute Gasteiger partial charge is 0.497 e. The molecule has 0 aliphatic rings. The Kier molecular flexibility index (Phi) is 3.45. The van der Waals surface area contributed by atoms with Crippen molar-refractivity contribution in [3.8, 4) is 5.75 Å². The van der Waals surface area contributed by atoms with Crippen LogP contribution in [-0.2, 0) is 0 Å². The van der Waals surface area contributed by atoms with Crippen molar-refractivity contribution in [1.29, 1.82) is 0 Å². The molecule has 0 fully saturated rings. The normalized spacial score (nSPS) is 12.8. The van der Waals surface area contributed by atoms with E-state index in [0.717, 1.165) is 26.4 Å². The Bertz CT molecular complexity index is 714. The predicted octanol–water partition coefficient (Wildman–Crippen LogP) is 4.30. The zero-order valence-electron chi connectivity index (χ0n) is 10.5. The summed E-state index contributed by atoms with van der Waals surface area (Å²) in [6, 6.07) is 5.34. The van der Waals surface area contributed by atoms with Gasteiger partial charge >= 0.3 is 0 Å². The van der Waals surface area contributed by atoms with Crippen molar-refractivity contribution in [3.05, 3.63) is 51.7 Å². The molecule has 0 radical (unpaired) electrons. The van der Waals surface area contributed by atoms with Gasteiger partial charge in [-0.3, -0.25) is 0 Å². The molecule has 1 unspecified atom stereocenters. The van der Waals surface area contributed by atoms with Gasteiger partial charge in [0, 0.05) is 32.0 Å². The van der Waals surface area contributed by atoms with Gasteiger partial charge in [0.25, 0.3) is 0 Å². The first kappa shape index (κ1) is 13.5. The van der Waals surface area contributed by atoms with Crippen LogP contribution < -0.4 is 10.5 Å². The van der Waals surface area contributed by atoms with Gasteiger partial charge in [-0.05, 0) is 17.5 Å². The number of nitrogens with two attached hydrogens (primary N) is 1. The van der Waals surface area contributed by atoms with Crippen molar-refractivity contribution >= 4 is 32.1 Å². The van der Waals surface area contributed by atoms with E-state index in [4.69, 9.17) is 10.5 Å². The molecule has 6 heteroatoms. The zero-order valence-corrected chi connectivity index (χ0v) is 12.2. The number of rotatable bonds is 3. The Morgan fingerprint density at radius 2 is 1.85 bits per heavy atom. The van der Waals surface area contributed by atoms with Crippen LogP contribution in [0, 0.1) is 11.6 Å². The van der Waals surface area contributed by atoms with E-state index in [1.54, 1.807) is 11.3 Å². The highest BCUT2D eigenvalue weighted by Gasteiger charge is 2.21. The standard InChI is InChI=1S/C14H11F2NOS2/c1-18-7-4-8(15)13(9(16)5-7)14(17)12-6-11-10(20-12)2-3-19-11/h2-6,14H,17H2,1H3. The Balaban J connectivity index is 2.05. The maximum absolute atomic E-state index is 14.0. The van der Waals surface area contributed by atoms with E-state index in [-0.39, 0.29) is 11.3 Å². The third kappa shape index (κ3) is 2.19. The van der Waals surface area contributed by atoms with Gasteiger partial charge in [-0.15, -0.1) is 22.7 Å². The molecular weight excluding hydrogens is 300 g/mol. The van der Waals surface area contributed by atoms with Crippen LogP contribution in [0.25, 0.3) is 9.40 Å². The predicted molar refractivity (Wildman–Crippen MR) is 78.6 cm³/mol. The van der Waals surface area contributed by atoms with Gasteiger partial charge in [-0.2, -0.15) is 0 Å². The van der Waals surface area contributed by atoms with E-state index in [1.165, 1.54) is 18.4 Å². The zero-order chi connectivity index (χ0) is 14.3. The van der Waals surface area contributed by atoms with Crippen molar-refractivity contribution in [1.82, 2.24) is 0 Å². The molecule has 20 heavy (non-hydrogen) atoms. The highest BCUT2D eigenvalue weighted by atomic mass is 32.1. The summed E-state index contributed by atoms with van der Waals surface area (Å²) in [6.07, 6.45) is 0. The fraction of sp³-hybridized carbons (Fsp3) is 0.143. The number of hydrogen-bond acceptors (Lipinski definition) is 4. The molecule has 3 rings (SSSR count). The monoisotopic (exact) mass is 311 g/mol. The number of thiophene rings is 2. The quantitative estimate of drug-likeness (QED) is 0.783. The van der Waals surface area contributed by atoms with Gasteiger partial charge in [0.1, 0.15) is 17.4 Å². The van der Waals surface area contributed by atoms with E-state index < -0.39 is 17.7 Å². The maximum atomic E-state index is 14.0. The van der Waals surface area contributed by atoms with Gasteiger partial charge in [0.15, 0.2) is 0 Å². The molecule has 0 saturated heterocycles. The number of ether oxygens (including phenoxy) is 1. The van der Waals surface area contributed by atoms with Crippen LogP contribution in [-0.4, -0.2) is 7.11 Å². The molecule has 0 bridgehead atoms. The van der Waals surface area contributed by atoms with Crippen LogP contribution in [0.2, 0.25) is 0 Å². The molecule has 2 N–H and O–H groups in total. The lowest BCUT2D eigenvalue weighted by Crippen LogP contribution is -2.14. The lowest BCUT2D eigenvalue weighted by molar-refractivity contribution is 0.404. The molecule has 2 aromatic heterocycles. The third-order valence-corrected chi connectivity index (χ3v) is 5.24. The Morgan fingerprint density at radius 3 is 2.45 bits per heavy atom. The Morgan fingerprint density at radius 1 is 1.15 bits per heavy atom. The highest BCUT2D eigenvalue weighted by molar-refractivity contribution is 7.27. The van der Waals surface area contributed by atoms with E-state index in [1.807, 2.05) is 17.5 Å². The second-order valence-electron chi connectivity index (χ2n) is 4.28. The lowest BCUT2D eigenvalue weighted by atomic mass is 10.0. The van der Waals surface area contributed by atoms with E-state index in [0.29, 0.717) is 0 Å². The van der Waals surface area contributed by atoms with Crippen molar-refractivity contribution in [2.24, 2.45) is 5.73 Å². The second-order valence-corrected chi connectivity index (χ2v) is 6.34. The molecule has 104 valence electrons. The summed E-state index contributed by atoms with van der Waals surface area (Å²) in [5, 5.41) is 1.98. The summed E-state index contributed by atoms with van der Waals surface area (Å²) in [5.74, 6) is -1.24. The van der Waals surface area contributed by atoms with Gasteiger partial charge in [0.05, 0.1) is 13.2 Å². The minimum Gasteiger partial charge on any atom is -0.497 e. The third-order valence-electron chi connectivity index (χ3n) is 3.06. The number of halogens is 2. The van der Waals surface area contributed by atoms with Gasteiger partial charge in [0.2, 0.25) is 0 Å². The molecule has 2 nitrogen and oxygen atoms in total. The number of hydrogen-bond donors (Lipinski definition) is 1. The highest BCUT2D eigenvalue weighted by Crippen LogP contribution is 2.36. The van der Waals surface area contributed by atoms with Crippen LogP contribution >= 0.6 is 22.7 Å². The average Bonchev–Trinajstić information content (AvgIpc) is 2.98. The maximum Gasteiger partial charge on any atom is 0.134 e. The Hall–Kier alpha value is -1.50.